The van der Waals surface area contributed by atoms with E-state index in [0.29, 0.717) is 18.4 Å². The standard InChI is InChI=1S/C19H20FNO3.C6H8O6/c20-15-3-1-13(2-4-15)17-7-8-21-10-14(17)11-22-16-5-6-18-19(9-16)24-12-23-18;7-1-2(8)5-3(9)4(10)6(11)12-5/h1-6,9,14,17,21H,7-8,10-12H2;2,5,7-10H,1H2/t14-,17-;2-,5+/m00/s1. The van der Waals surface area contributed by atoms with E-state index in [1.54, 1.807) is 0 Å². The third-order valence-corrected chi connectivity index (χ3v) is 6.19. The molecule has 3 aliphatic rings. The summed E-state index contributed by atoms with van der Waals surface area (Å²) in [4.78, 5) is 10.5. The minimum atomic E-state index is -1.42. The van der Waals surface area contributed by atoms with E-state index in [9.17, 15) is 9.18 Å². The van der Waals surface area contributed by atoms with Gasteiger partial charge in [-0.15, -0.1) is 0 Å². The van der Waals surface area contributed by atoms with Crippen LogP contribution in [-0.4, -0.2) is 71.7 Å². The SMILES string of the molecule is Fc1ccc([C@@H]2CCNC[C@H]2COc2ccc3c(c2)OCO3)cc1.O=C1O[C@H]([C@@H](O)CO)C(O)=C1O. The number of halogens is 1. The van der Waals surface area contributed by atoms with Crippen LogP contribution >= 0.6 is 0 Å². The van der Waals surface area contributed by atoms with Gasteiger partial charge in [0.05, 0.1) is 13.2 Å². The minimum Gasteiger partial charge on any atom is -0.505 e. The highest BCUT2D eigenvalue weighted by Gasteiger charge is 2.38. The molecular weight excluding hydrogens is 477 g/mol. The van der Waals surface area contributed by atoms with Gasteiger partial charge in [-0.2, -0.15) is 0 Å². The van der Waals surface area contributed by atoms with E-state index in [1.165, 1.54) is 17.7 Å². The molecule has 0 saturated carbocycles. The predicted molar refractivity (Wildman–Crippen MR) is 123 cm³/mol. The highest BCUT2D eigenvalue weighted by atomic mass is 19.1. The maximum Gasteiger partial charge on any atom is 0.377 e. The minimum absolute atomic E-state index is 0.194. The van der Waals surface area contributed by atoms with Gasteiger partial charge in [0.2, 0.25) is 12.6 Å². The Morgan fingerprint density at radius 3 is 2.56 bits per heavy atom. The molecule has 5 rings (SSSR count). The highest BCUT2D eigenvalue weighted by Crippen LogP contribution is 2.36. The molecule has 194 valence electrons. The lowest BCUT2D eigenvalue weighted by atomic mass is 9.81. The fourth-order valence-corrected chi connectivity index (χ4v) is 4.24. The van der Waals surface area contributed by atoms with Gasteiger partial charge in [0, 0.05) is 18.5 Å². The van der Waals surface area contributed by atoms with Crippen molar-refractivity contribution < 1.29 is 48.6 Å². The van der Waals surface area contributed by atoms with Gasteiger partial charge in [-0.05, 0) is 48.7 Å². The van der Waals surface area contributed by atoms with Gasteiger partial charge in [0.1, 0.15) is 17.7 Å². The zero-order valence-electron chi connectivity index (χ0n) is 19.3. The first-order chi connectivity index (χ1) is 17.4. The molecule has 1 fully saturated rings. The Balaban J connectivity index is 0.000000214. The number of aliphatic hydroxyl groups excluding tert-OH is 4. The first-order valence-electron chi connectivity index (χ1n) is 11.5. The monoisotopic (exact) mass is 505 g/mol. The van der Waals surface area contributed by atoms with Crippen LogP contribution in [-0.2, 0) is 9.53 Å². The van der Waals surface area contributed by atoms with Crippen molar-refractivity contribution in [2.75, 3.05) is 33.1 Å². The molecule has 0 bridgehead atoms. The molecule has 2 aromatic rings. The number of aliphatic hydroxyl groups is 4. The first-order valence-corrected chi connectivity index (χ1v) is 11.5. The summed E-state index contributed by atoms with van der Waals surface area (Å²) in [6.45, 7) is 2.07. The van der Waals surface area contributed by atoms with Crippen LogP contribution in [0.15, 0.2) is 54.0 Å². The average molecular weight is 505 g/mol. The van der Waals surface area contributed by atoms with E-state index in [-0.39, 0.29) is 12.6 Å². The summed E-state index contributed by atoms with van der Waals surface area (Å²) in [5, 5.41) is 38.5. The van der Waals surface area contributed by atoms with Crippen molar-refractivity contribution in [3.05, 3.63) is 65.4 Å². The Morgan fingerprint density at radius 2 is 1.86 bits per heavy atom. The number of hydrogen-bond donors (Lipinski definition) is 5. The summed E-state index contributed by atoms with van der Waals surface area (Å²) >= 11 is 0. The predicted octanol–water partition coefficient (Wildman–Crippen LogP) is 1.92. The van der Waals surface area contributed by atoms with Crippen LogP contribution < -0.4 is 19.5 Å². The number of carbonyl (C=O) groups excluding carboxylic acids is 1. The first kappa shape index (κ1) is 25.5. The third-order valence-electron chi connectivity index (χ3n) is 6.19. The van der Waals surface area contributed by atoms with Gasteiger partial charge >= 0.3 is 5.97 Å². The molecule has 0 unspecified atom stereocenters. The number of hydrogen-bond acceptors (Lipinski definition) is 10. The van der Waals surface area contributed by atoms with Crippen molar-refractivity contribution in [1.82, 2.24) is 5.32 Å². The molecule has 1 saturated heterocycles. The van der Waals surface area contributed by atoms with E-state index in [0.717, 1.165) is 36.8 Å². The van der Waals surface area contributed by atoms with Gasteiger partial charge < -0.3 is 44.7 Å². The topological polar surface area (TPSA) is 147 Å². The molecule has 4 atom stereocenters. The molecule has 5 N–H and O–H groups in total. The molecule has 36 heavy (non-hydrogen) atoms. The van der Waals surface area contributed by atoms with Crippen LogP contribution in [0.2, 0.25) is 0 Å². The number of esters is 1. The van der Waals surface area contributed by atoms with Crippen LogP contribution in [0.4, 0.5) is 4.39 Å². The van der Waals surface area contributed by atoms with Crippen LogP contribution in [0.1, 0.15) is 17.9 Å². The lowest BCUT2D eigenvalue weighted by molar-refractivity contribution is -0.147. The Kier molecular flexibility index (Phi) is 8.14. The Hall–Kier alpha value is -3.54. The summed E-state index contributed by atoms with van der Waals surface area (Å²) in [7, 11) is 0. The summed E-state index contributed by atoms with van der Waals surface area (Å²) in [6.07, 6.45) is -1.75. The molecule has 3 aliphatic heterocycles. The molecule has 0 aliphatic carbocycles. The number of rotatable bonds is 6. The van der Waals surface area contributed by atoms with Gasteiger partial charge in [-0.25, -0.2) is 9.18 Å². The number of fused-ring (bicyclic) bond motifs is 1. The van der Waals surface area contributed by atoms with E-state index in [4.69, 9.17) is 34.6 Å². The van der Waals surface area contributed by atoms with Gasteiger partial charge in [0.25, 0.3) is 0 Å². The molecule has 0 aromatic heterocycles. The second kappa shape index (κ2) is 11.5. The molecule has 0 amide bonds. The normalized spacial score (nSPS) is 23.5. The number of benzene rings is 2. The summed E-state index contributed by atoms with van der Waals surface area (Å²) in [5.74, 6) is 0.00768. The van der Waals surface area contributed by atoms with Crippen LogP contribution in [0, 0.1) is 11.7 Å². The Labute approximate surface area is 206 Å². The summed E-state index contributed by atoms with van der Waals surface area (Å²) < 4.78 is 34.2. The van der Waals surface area contributed by atoms with E-state index >= 15 is 0 Å². The third kappa shape index (κ3) is 5.81. The van der Waals surface area contributed by atoms with Crippen molar-refractivity contribution >= 4 is 5.97 Å². The summed E-state index contributed by atoms with van der Waals surface area (Å²) in [6, 6.07) is 12.5. The quantitative estimate of drug-likeness (QED) is 0.369. The van der Waals surface area contributed by atoms with Crippen molar-refractivity contribution in [1.29, 1.82) is 0 Å². The Morgan fingerprint density at radius 1 is 1.11 bits per heavy atom. The maximum absolute atomic E-state index is 13.2. The number of ether oxygens (including phenoxy) is 4. The maximum atomic E-state index is 13.2. The van der Waals surface area contributed by atoms with Crippen molar-refractivity contribution in [2.45, 2.75) is 24.5 Å². The lowest BCUT2D eigenvalue weighted by Crippen LogP contribution is -2.38. The number of cyclic esters (lactones) is 1. The van der Waals surface area contributed by atoms with Crippen LogP contribution in [0.25, 0.3) is 0 Å². The van der Waals surface area contributed by atoms with E-state index < -0.39 is 36.3 Å². The molecule has 2 aromatic carbocycles. The van der Waals surface area contributed by atoms with Gasteiger partial charge in [0.15, 0.2) is 23.4 Å². The summed E-state index contributed by atoms with van der Waals surface area (Å²) in [5.41, 5.74) is 1.18. The van der Waals surface area contributed by atoms with Crippen molar-refractivity contribution in [3.8, 4) is 17.2 Å². The molecule has 0 spiro atoms. The zero-order chi connectivity index (χ0) is 25.7. The second-order valence-electron chi connectivity index (χ2n) is 8.55. The van der Waals surface area contributed by atoms with E-state index in [1.807, 2.05) is 30.3 Å². The molecule has 0 radical (unpaired) electrons. The molecular formula is C25H28FNO9. The smallest absolute Gasteiger partial charge is 0.377 e. The fraction of sp³-hybridized carbons (Fsp3) is 0.400. The van der Waals surface area contributed by atoms with Crippen LogP contribution in [0.3, 0.4) is 0 Å². The van der Waals surface area contributed by atoms with Crippen molar-refractivity contribution in [2.24, 2.45) is 5.92 Å². The van der Waals surface area contributed by atoms with Crippen LogP contribution in [0.5, 0.6) is 17.2 Å². The van der Waals surface area contributed by atoms with E-state index in [2.05, 4.69) is 10.1 Å². The number of piperidine rings is 1. The van der Waals surface area contributed by atoms with Crippen molar-refractivity contribution in [3.63, 3.8) is 0 Å². The highest BCUT2D eigenvalue weighted by molar-refractivity contribution is 5.89. The molecule has 11 heteroatoms. The second-order valence-corrected chi connectivity index (χ2v) is 8.55. The van der Waals surface area contributed by atoms with Gasteiger partial charge in [-0.3, -0.25) is 0 Å². The average Bonchev–Trinajstić information content (AvgIpc) is 3.47. The Bertz CT molecular complexity index is 1090. The number of carbonyl (C=O) groups is 1. The zero-order valence-corrected chi connectivity index (χ0v) is 19.3. The molecule has 3 heterocycles. The largest absolute Gasteiger partial charge is 0.505 e. The fourth-order valence-electron chi connectivity index (χ4n) is 4.24. The lowest BCUT2D eigenvalue weighted by Gasteiger charge is -2.32. The molecule has 10 nitrogen and oxygen atoms in total. The van der Waals surface area contributed by atoms with Gasteiger partial charge in [-0.1, -0.05) is 12.1 Å². The number of nitrogens with one attached hydrogen (secondary N) is 1.